The molecule has 1 aliphatic heterocycles. The number of nitrogens with one attached hydrogen (secondary N) is 1. The van der Waals surface area contributed by atoms with E-state index in [4.69, 9.17) is 9.15 Å². The van der Waals surface area contributed by atoms with Crippen molar-refractivity contribution in [3.63, 3.8) is 0 Å². The number of carbonyl (C=O) groups is 2. The summed E-state index contributed by atoms with van der Waals surface area (Å²) in [7, 11) is -1.60. The first-order chi connectivity index (χ1) is 17.2. The normalized spacial score (nSPS) is 13.9. The second-order valence-corrected chi connectivity index (χ2v) is 10.7. The lowest BCUT2D eigenvalue weighted by molar-refractivity contribution is -0.128. The highest BCUT2D eigenvalue weighted by atomic mass is 32.2. The number of fused-ring (bicyclic) bond motifs is 1. The monoisotopic (exact) mass is 508 g/mol. The van der Waals surface area contributed by atoms with Gasteiger partial charge in [0.05, 0.1) is 16.8 Å². The Bertz CT molecular complexity index is 1570. The highest BCUT2D eigenvalue weighted by Crippen LogP contribution is 2.35. The number of rotatable bonds is 7. The van der Waals surface area contributed by atoms with Gasteiger partial charge in [0.25, 0.3) is 5.91 Å². The molecule has 0 radical (unpaired) electrons. The third-order valence-corrected chi connectivity index (χ3v) is 6.99. The van der Waals surface area contributed by atoms with E-state index in [9.17, 15) is 18.0 Å². The Hall–Kier alpha value is -4.12. The summed E-state index contributed by atoms with van der Waals surface area (Å²) in [5.74, 6) is 1.39. The lowest BCUT2D eigenvalue weighted by Gasteiger charge is -2.12. The van der Waals surface area contributed by atoms with Crippen LogP contribution in [0.2, 0.25) is 0 Å². The molecule has 2 aromatic heterocycles. The molecule has 2 amide bonds. The number of likely N-dealkylation sites (tertiary alicyclic amines) is 1. The fourth-order valence-corrected chi connectivity index (χ4v) is 4.69. The highest BCUT2D eigenvalue weighted by Gasteiger charge is 2.23. The number of amides is 2. The topological polar surface area (TPSA) is 124 Å². The van der Waals surface area contributed by atoms with Crippen molar-refractivity contribution in [1.82, 2.24) is 14.7 Å². The molecule has 10 nitrogen and oxygen atoms in total. The van der Waals surface area contributed by atoms with Crippen molar-refractivity contribution in [1.29, 1.82) is 0 Å². The van der Waals surface area contributed by atoms with E-state index in [0.717, 1.165) is 12.7 Å². The van der Waals surface area contributed by atoms with Gasteiger partial charge in [-0.2, -0.15) is 5.10 Å². The van der Waals surface area contributed by atoms with Crippen LogP contribution < -0.4 is 10.1 Å². The van der Waals surface area contributed by atoms with Crippen LogP contribution in [0, 0.1) is 0 Å². The number of hydrogen-bond donors (Lipinski definition) is 1. The molecule has 1 fully saturated rings. The van der Waals surface area contributed by atoms with E-state index in [1.165, 1.54) is 12.1 Å². The average Bonchev–Trinajstić information content (AvgIpc) is 3.54. The Labute approximate surface area is 207 Å². The van der Waals surface area contributed by atoms with E-state index >= 15 is 0 Å². The van der Waals surface area contributed by atoms with E-state index < -0.39 is 15.7 Å². The number of benzene rings is 2. The van der Waals surface area contributed by atoms with Gasteiger partial charge in [-0.1, -0.05) is 0 Å². The maximum Gasteiger partial charge on any atom is 0.257 e. The van der Waals surface area contributed by atoms with Crippen molar-refractivity contribution < 1.29 is 27.2 Å². The van der Waals surface area contributed by atoms with Crippen LogP contribution in [0.1, 0.15) is 29.0 Å². The summed E-state index contributed by atoms with van der Waals surface area (Å²) in [6.07, 6.45) is 4.19. The number of sulfone groups is 1. The summed E-state index contributed by atoms with van der Waals surface area (Å²) >= 11 is 0. The zero-order valence-corrected chi connectivity index (χ0v) is 20.5. The van der Waals surface area contributed by atoms with Gasteiger partial charge in [-0.3, -0.25) is 14.3 Å². The molecule has 0 unspecified atom stereocenters. The predicted molar refractivity (Wildman–Crippen MR) is 132 cm³/mol. The minimum absolute atomic E-state index is 0.0772. The van der Waals surface area contributed by atoms with Gasteiger partial charge in [0.2, 0.25) is 5.91 Å². The number of aromatic nitrogens is 2. The molecule has 1 saturated heterocycles. The van der Waals surface area contributed by atoms with Gasteiger partial charge < -0.3 is 19.4 Å². The molecule has 0 atom stereocenters. The Morgan fingerprint density at radius 1 is 1.17 bits per heavy atom. The summed E-state index contributed by atoms with van der Waals surface area (Å²) in [6.45, 7) is 0.995. The zero-order chi connectivity index (χ0) is 25.4. The second-order valence-electron chi connectivity index (χ2n) is 8.69. The van der Waals surface area contributed by atoms with Gasteiger partial charge in [-0.25, -0.2) is 8.42 Å². The third-order valence-electron chi connectivity index (χ3n) is 5.87. The first-order valence-electron chi connectivity index (χ1n) is 11.3. The van der Waals surface area contributed by atoms with E-state index in [-0.39, 0.29) is 16.4 Å². The summed E-state index contributed by atoms with van der Waals surface area (Å²) in [5.41, 5.74) is 0.710. The molecule has 0 spiro atoms. The standard InChI is InChI=1S/C25H24N4O6S/c1-28-11-9-23(27-28)26-25(31)16-12-21(34-17-5-7-19(8-6-17)36(2,32)33)20-14-18(35-22(20)13-16)15-29-10-3-4-24(29)30/h5-9,11-14H,3-4,10,15H2,1-2H3,(H,26,27,31). The predicted octanol–water partition coefficient (Wildman–Crippen LogP) is 3.74. The van der Waals surface area contributed by atoms with Gasteiger partial charge in [-0.05, 0) is 48.9 Å². The number of nitrogens with zero attached hydrogens (tertiary/aromatic N) is 3. The van der Waals surface area contributed by atoms with Crippen LogP contribution >= 0.6 is 0 Å². The van der Waals surface area contributed by atoms with Crippen molar-refractivity contribution in [2.45, 2.75) is 24.3 Å². The molecule has 1 N–H and O–H groups in total. The molecule has 2 aromatic carbocycles. The number of ether oxygens (including phenoxy) is 1. The lowest BCUT2D eigenvalue weighted by Crippen LogP contribution is -2.23. The Kier molecular flexibility index (Phi) is 6.00. The molecule has 4 aromatic rings. The van der Waals surface area contributed by atoms with E-state index in [1.807, 2.05) is 0 Å². The van der Waals surface area contributed by atoms with Crippen LogP contribution in [-0.2, 0) is 28.2 Å². The number of furan rings is 1. The first kappa shape index (κ1) is 23.6. The summed E-state index contributed by atoms with van der Waals surface area (Å²) in [5, 5.41) is 7.53. The van der Waals surface area contributed by atoms with Crippen LogP contribution in [0.4, 0.5) is 5.82 Å². The van der Waals surface area contributed by atoms with Gasteiger partial charge >= 0.3 is 0 Å². The molecule has 11 heteroatoms. The van der Waals surface area contributed by atoms with Crippen molar-refractivity contribution >= 4 is 38.4 Å². The molecular formula is C25H24N4O6S. The Morgan fingerprint density at radius 2 is 1.94 bits per heavy atom. The maximum atomic E-state index is 13.0. The second kappa shape index (κ2) is 9.15. The Balaban J connectivity index is 1.50. The van der Waals surface area contributed by atoms with E-state index in [1.54, 1.807) is 59.2 Å². The fourth-order valence-electron chi connectivity index (χ4n) is 4.06. The first-order valence-corrected chi connectivity index (χ1v) is 13.2. The fraction of sp³-hybridized carbons (Fsp3) is 0.240. The van der Waals surface area contributed by atoms with E-state index in [2.05, 4.69) is 10.4 Å². The smallest absolute Gasteiger partial charge is 0.257 e. The minimum atomic E-state index is -3.35. The largest absolute Gasteiger partial charge is 0.459 e. The summed E-state index contributed by atoms with van der Waals surface area (Å²) in [4.78, 5) is 27.0. The number of aryl methyl sites for hydroxylation is 1. The molecule has 36 heavy (non-hydrogen) atoms. The quantitative estimate of drug-likeness (QED) is 0.403. The minimum Gasteiger partial charge on any atom is -0.459 e. The maximum absolute atomic E-state index is 13.0. The number of carbonyl (C=O) groups excluding carboxylic acids is 2. The van der Waals surface area contributed by atoms with Gasteiger partial charge in [0, 0.05) is 44.1 Å². The molecule has 0 aliphatic carbocycles. The third kappa shape index (κ3) is 4.96. The highest BCUT2D eigenvalue weighted by molar-refractivity contribution is 7.90. The molecular weight excluding hydrogens is 484 g/mol. The SMILES string of the molecule is Cn1ccc(NC(=O)c2cc(Oc3ccc(S(C)(=O)=O)cc3)c3cc(CN4CCCC4=O)oc3c2)n1. The van der Waals surface area contributed by atoms with Gasteiger partial charge in [-0.15, -0.1) is 0 Å². The molecule has 186 valence electrons. The molecule has 1 aliphatic rings. The van der Waals surface area contributed by atoms with Crippen LogP contribution in [0.3, 0.4) is 0 Å². The van der Waals surface area contributed by atoms with Gasteiger partial charge in [0.1, 0.15) is 22.8 Å². The van der Waals surface area contributed by atoms with Crippen molar-refractivity contribution in [2.24, 2.45) is 7.05 Å². The Morgan fingerprint density at radius 3 is 2.58 bits per heavy atom. The van der Waals surface area contributed by atoms with Crippen molar-refractivity contribution in [3.05, 3.63) is 66.1 Å². The number of hydrogen-bond acceptors (Lipinski definition) is 7. The van der Waals surface area contributed by atoms with Crippen molar-refractivity contribution in [3.8, 4) is 11.5 Å². The zero-order valence-electron chi connectivity index (χ0n) is 19.7. The van der Waals surface area contributed by atoms with Crippen LogP contribution in [0.5, 0.6) is 11.5 Å². The summed E-state index contributed by atoms with van der Waals surface area (Å²) < 4.78 is 37.2. The van der Waals surface area contributed by atoms with Crippen LogP contribution in [0.25, 0.3) is 11.0 Å². The summed E-state index contributed by atoms with van der Waals surface area (Å²) in [6, 6.07) is 12.7. The van der Waals surface area contributed by atoms with Crippen LogP contribution in [-0.4, -0.2) is 47.7 Å². The molecule has 0 saturated carbocycles. The number of anilines is 1. The van der Waals surface area contributed by atoms with E-state index in [0.29, 0.717) is 53.6 Å². The van der Waals surface area contributed by atoms with Gasteiger partial charge in [0.15, 0.2) is 15.7 Å². The molecule has 5 rings (SSSR count). The average molecular weight is 509 g/mol. The lowest BCUT2D eigenvalue weighted by atomic mass is 10.1. The van der Waals surface area contributed by atoms with Crippen LogP contribution in [0.15, 0.2) is 64.0 Å². The van der Waals surface area contributed by atoms with Crippen molar-refractivity contribution in [2.75, 3.05) is 18.1 Å². The molecule has 3 heterocycles. The molecule has 0 bridgehead atoms.